The van der Waals surface area contributed by atoms with Crippen LogP contribution >= 0.6 is 0 Å². The number of hydrogen-bond acceptors (Lipinski definition) is 7. The van der Waals surface area contributed by atoms with Crippen LogP contribution < -0.4 is 20.7 Å². The standard InChI is InChI=1S/C26H36N6O7/c1-17-24(36)27-11-5-13-31(23(35)16-32-22(34)15-28-26(32)38)12-4-6-21(33)29-20(25(37)30(17)2)14-18-7-9-19(39-3)10-8-18/h7-10,17,20H,4-6,11-16H2,1-3H3,(H,27,36)(H,28,38)(H,29,33)/t17-,20-/m0/s1. The molecule has 0 saturated carbocycles. The van der Waals surface area contributed by atoms with E-state index >= 15 is 0 Å². The molecule has 3 N–H and O–H groups in total. The second-order valence-electron chi connectivity index (χ2n) is 9.56. The zero-order valence-electron chi connectivity index (χ0n) is 22.5. The summed E-state index contributed by atoms with van der Waals surface area (Å²) >= 11 is 0. The number of nitrogens with zero attached hydrogens (tertiary/aromatic N) is 3. The fourth-order valence-electron chi connectivity index (χ4n) is 4.35. The fourth-order valence-corrected chi connectivity index (χ4v) is 4.35. The zero-order chi connectivity index (χ0) is 28.5. The Bertz CT molecular complexity index is 1080. The van der Waals surface area contributed by atoms with E-state index in [1.807, 2.05) is 0 Å². The van der Waals surface area contributed by atoms with Gasteiger partial charge in [-0.1, -0.05) is 12.1 Å². The van der Waals surface area contributed by atoms with Crippen molar-refractivity contribution in [2.45, 2.75) is 44.7 Å². The van der Waals surface area contributed by atoms with Crippen molar-refractivity contribution in [3.05, 3.63) is 29.8 Å². The summed E-state index contributed by atoms with van der Waals surface area (Å²) in [6.07, 6.45) is 0.980. The van der Waals surface area contributed by atoms with Gasteiger partial charge in [0.2, 0.25) is 23.6 Å². The van der Waals surface area contributed by atoms with E-state index in [9.17, 15) is 28.8 Å². The molecule has 0 bridgehead atoms. The molecule has 3 rings (SSSR count). The van der Waals surface area contributed by atoms with Crippen LogP contribution in [0.3, 0.4) is 0 Å². The van der Waals surface area contributed by atoms with Gasteiger partial charge in [-0.3, -0.25) is 28.9 Å². The van der Waals surface area contributed by atoms with Crippen LogP contribution in [0.5, 0.6) is 5.75 Å². The molecule has 0 radical (unpaired) electrons. The fraction of sp³-hybridized carbons (Fsp3) is 0.538. The smallest absolute Gasteiger partial charge is 0.325 e. The Balaban J connectivity index is 1.74. The van der Waals surface area contributed by atoms with Crippen LogP contribution in [-0.4, -0.2) is 109 Å². The quantitative estimate of drug-likeness (QED) is 0.412. The molecule has 2 fully saturated rings. The second kappa shape index (κ2) is 13.6. The van der Waals surface area contributed by atoms with Gasteiger partial charge in [0.15, 0.2) is 0 Å². The number of ether oxygens (including phenoxy) is 1. The molecule has 0 spiro atoms. The number of methoxy groups -OCH3 is 1. The Labute approximate surface area is 227 Å². The van der Waals surface area contributed by atoms with Gasteiger partial charge in [0, 0.05) is 39.5 Å². The summed E-state index contributed by atoms with van der Waals surface area (Å²) in [5.74, 6) is -1.40. The van der Waals surface area contributed by atoms with Crippen LogP contribution in [0.1, 0.15) is 31.7 Å². The Morgan fingerprint density at radius 1 is 1.03 bits per heavy atom. The molecular weight excluding hydrogens is 508 g/mol. The largest absolute Gasteiger partial charge is 0.497 e. The number of urea groups is 1. The molecule has 0 unspecified atom stereocenters. The number of amides is 7. The van der Waals surface area contributed by atoms with Crippen molar-refractivity contribution in [2.75, 3.05) is 46.9 Å². The van der Waals surface area contributed by atoms with Gasteiger partial charge in [-0.15, -0.1) is 0 Å². The number of likely N-dealkylation sites (N-methyl/N-ethyl adjacent to an activating group) is 1. The number of imide groups is 1. The van der Waals surface area contributed by atoms with Gasteiger partial charge in [-0.2, -0.15) is 0 Å². The van der Waals surface area contributed by atoms with Gasteiger partial charge in [0.25, 0.3) is 5.91 Å². The Kier molecular flexibility index (Phi) is 10.2. The van der Waals surface area contributed by atoms with Crippen molar-refractivity contribution in [1.29, 1.82) is 0 Å². The van der Waals surface area contributed by atoms with Crippen molar-refractivity contribution in [3.8, 4) is 5.75 Å². The molecule has 2 aliphatic rings. The number of rotatable bonds is 5. The van der Waals surface area contributed by atoms with Gasteiger partial charge >= 0.3 is 6.03 Å². The third-order valence-corrected chi connectivity index (χ3v) is 6.86. The van der Waals surface area contributed by atoms with E-state index in [4.69, 9.17) is 4.74 Å². The maximum atomic E-state index is 13.4. The number of nitrogens with one attached hydrogen (secondary N) is 3. The van der Waals surface area contributed by atoms with E-state index in [-0.39, 0.29) is 50.8 Å². The van der Waals surface area contributed by atoms with Crippen molar-refractivity contribution in [2.24, 2.45) is 0 Å². The Hall–Kier alpha value is -4.16. The number of carbonyl (C=O) groups is 6. The van der Waals surface area contributed by atoms with E-state index in [2.05, 4.69) is 16.0 Å². The molecule has 1 aromatic rings. The molecule has 13 nitrogen and oxygen atoms in total. The van der Waals surface area contributed by atoms with Gasteiger partial charge in [0.05, 0.1) is 13.7 Å². The lowest BCUT2D eigenvalue weighted by Gasteiger charge is -2.29. The minimum atomic E-state index is -0.909. The second-order valence-corrected chi connectivity index (χ2v) is 9.56. The lowest BCUT2D eigenvalue weighted by molar-refractivity contribution is -0.141. The highest BCUT2D eigenvalue weighted by molar-refractivity contribution is 6.04. The monoisotopic (exact) mass is 544 g/mol. The van der Waals surface area contributed by atoms with E-state index in [1.165, 1.54) is 16.8 Å². The first-order valence-electron chi connectivity index (χ1n) is 12.9. The van der Waals surface area contributed by atoms with E-state index in [0.29, 0.717) is 18.6 Å². The first-order valence-corrected chi connectivity index (χ1v) is 12.9. The van der Waals surface area contributed by atoms with Crippen LogP contribution in [0.4, 0.5) is 4.79 Å². The summed E-state index contributed by atoms with van der Waals surface area (Å²) in [5, 5.41) is 7.96. The summed E-state index contributed by atoms with van der Waals surface area (Å²) in [6, 6.07) is 4.81. The number of hydrogen-bond donors (Lipinski definition) is 3. The summed E-state index contributed by atoms with van der Waals surface area (Å²) in [6.45, 7) is 1.77. The first kappa shape index (κ1) is 29.4. The predicted octanol–water partition coefficient (Wildman–Crippen LogP) is -0.750. The highest BCUT2D eigenvalue weighted by Crippen LogP contribution is 2.14. The molecular formula is C26H36N6O7. The van der Waals surface area contributed by atoms with Crippen molar-refractivity contribution >= 4 is 35.6 Å². The molecule has 2 aliphatic heterocycles. The third kappa shape index (κ3) is 7.91. The molecule has 0 aromatic heterocycles. The molecule has 39 heavy (non-hydrogen) atoms. The Morgan fingerprint density at radius 2 is 1.72 bits per heavy atom. The van der Waals surface area contributed by atoms with E-state index in [0.717, 1.165) is 10.5 Å². The van der Waals surface area contributed by atoms with E-state index < -0.39 is 42.4 Å². The average molecular weight is 545 g/mol. The summed E-state index contributed by atoms with van der Waals surface area (Å²) in [4.78, 5) is 79.3. The molecule has 2 saturated heterocycles. The van der Waals surface area contributed by atoms with Gasteiger partial charge < -0.3 is 30.5 Å². The highest BCUT2D eigenvalue weighted by Gasteiger charge is 2.32. The minimum Gasteiger partial charge on any atom is -0.497 e. The van der Waals surface area contributed by atoms with Crippen LogP contribution in [0, 0.1) is 0 Å². The Morgan fingerprint density at radius 3 is 2.36 bits per heavy atom. The zero-order valence-corrected chi connectivity index (χ0v) is 22.5. The highest BCUT2D eigenvalue weighted by atomic mass is 16.5. The van der Waals surface area contributed by atoms with Gasteiger partial charge in [0.1, 0.15) is 24.4 Å². The molecule has 7 amide bonds. The van der Waals surface area contributed by atoms with Crippen LogP contribution in [-0.2, 0) is 30.4 Å². The first-order chi connectivity index (χ1) is 18.6. The van der Waals surface area contributed by atoms with Crippen LogP contribution in [0.2, 0.25) is 0 Å². The topological polar surface area (TPSA) is 157 Å². The van der Waals surface area contributed by atoms with E-state index in [1.54, 1.807) is 38.3 Å². The number of benzene rings is 1. The van der Waals surface area contributed by atoms with Crippen molar-refractivity contribution < 1.29 is 33.5 Å². The minimum absolute atomic E-state index is 0.0513. The molecule has 0 aliphatic carbocycles. The molecule has 2 heterocycles. The molecule has 1 aromatic carbocycles. The maximum absolute atomic E-state index is 13.4. The van der Waals surface area contributed by atoms with Gasteiger partial charge in [-0.25, -0.2) is 4.79 Å². The predicted molar refractivity (Wildman–Crippen MR) is 139 cm³/mol. The maximum Gasteiger partial charge on any atom is 0.325 e. The van der Waals surface area contributed by atoms with Gasteiger partial charge in [-0.05, 0) is 37.5 Å². The summed E-state index contributed by atoms with van der Waals surface area (Å²) in [7, 11) is 3.07. The average Bonchev–Trinajstić information content (AvgIpc) is 3.24. The molecule has 2 atom stereocenters. The molecule has 13 heteroatoms. The summed E-state index contributed by atoms with van der Waals surface area (Å²) < 4.78 is 5.18. The summed E-state index contributed by atoms with van der Waals surface area (Å²) in [5.41, 5.74) is 0.801. The SMILES string of the molecule is COc1ccc(C[C@@H]2NC(=O)CCCN(C(=O)CN3C(=O)CNC3=O)CCCNC(=O)[C@H](C)N(C)C2=O)cc1. The number of carbonyl (C=O) groups excluding carboxylic acids is 6. The lowest BCUT2D eigenvalue weighted by Crippen LogP contribution is -2.54. The van der Waals surface area contributed by atoms with Crippen LogP contribution in [0.25, 0.3) is 0 Å². The van der Waals surface area contributed by atoms with Crippen molar-refractivity contribution in [1.82, 2.24) is 30.7 Å². The third-order valence-electron chi connectivity index (χ3n) is 6.86. The molecule has 212 valence electrons. The lowest BCUT2D eigenvalue weighted by atomic mass is 10.0. The normalized spacial score (nSPS) is 22.0. The van der Waals surface area contributed by atoms with Crippen LogP contribution in [0.15, 0.2) is 24.3 Å². The van der Waals surface area contributed by atoms with Crippen molar-refractivity contribution in [3.63, 3.8) is 0 Å².